The second-order valence-electron chi connectivity index (χ2n) is 6.52. The average Bonchev–Trinajstić information content (AvgIpc) is 2.73. The van der Waals surface area contributed by atoms with Crippen LogP contribution in [0.3, 0.4) is 0 Å². The standard InChI is InChI=1S/C19H22N2O/c1-2-6-19-16(4-1)10-15(7-9-22-19)12-21-13-18(14-21)17-5-3-8-20-11-17/h1-6,8,11,15,18H,7,9-10,12-14H2/t15-/m1/s1. The van der Waals surface area contributed by atoms with E-state index in [1.807, 2.05) is 18.5 Å². The Kier molecular flexibility index (Phi) is 3.81. The van der Waals surface area contributed by atoms with Gasteiger partial charge in [-0.1, -0.05) is 24.3 Å². The zero-order valence-electron chi connectivity index (χ0n) is 12.8. The lowest BCUT2D eigenvalue weighted by Crippen LogP contribution is -2.47. The number of ether oxygens (including phenoxy) is 1. The molecule has 0 aliphatic carbocycles. The van der Waals surface area contributed by atoms with Gasteiger partial charge in [-0.2, -0.15) is 0 Å². The Balaban J connectivity index is 1.34. The number of nitrogens with zero attached hydrogens (tertiary/aromatic N) is 2. The predicted octanol–water partition coefficient (Wildman–Crippen LogP) is 3.12. The van der Waals surface area contributed by atoms with E-state index in [-0.39, 0.29) is 0 Å². The van der Waals surface area contributed by atoms with Gasteiger partial charge in [0.2, 0.25) is 0 Å². The van der Waals surface area contributed by atoms with Crippen molar-refractivity contribution >= 4 is 0 Å². The summed E-state index contributed by atoms with van der Waals surface area (Å²) in [6.07, 6.45) is 6.16. The normalized spacial score (nSPS) is 22.3. The first-order valence-electron chi connectivity index (χ1n) is 8.21. The van der Waals surface area contributed by atoms with Gasteiger partial charge in [0, 0.05) is 37.9 Å². The SMILES string of the molecule is c1cncc(C2CN(C[C@@H]3CCOc4ccccc4C3)C2)c1. The van der Waals surface area contributed by atoms with Crippen molar-refractivity contribution in [3.05, 3.63) is 59.9 Å². The molecule has 2 aromatic rings. The van der Waals surface area contributed by atoms with Gasteiger partial charge < -0.3 is 9.64 Å². The summed E-state index contributed by atoms with van der Waals surface area (Å²) in [6.45, 7) is 4.38. The Morgan fingerprint density at radius 2 is 2.05 bits per heavy atom. The average molecular weight is 294 g/mol. The molecule has 3 nitrogen and oxygen atoms in total. The first-order valence-corrected chi connectivity index (χ1v) is 8.21. The summed E-state index contributed by atoms with van der Waals surface area (Å²) in [5.41, 5.74) is 2.75. The Bertz CT molecular complexity index is 622. The Hall–Kier alpha value is -1.87. The van der Waals surface area contributed by atoms with Crippen LogP contribution in [0.5, 0.6) is 5.75 Å². The van der Waals surface area contributed by atoms with Gasteiger partial charge in [-0.3, -0.25) is 4.98 Å². The van der Waals surface area contributed by atoms with E-state index in [9.17, 15) is 0 Å². The molecule has 3 heteroatoms. The van der Waals surface area contributed by atoms with Crippen LogP contribution in [0, 0.1) is 5.92 Å². The van der Waals surface area contributed by atoms with Gasteiger partial charge in [-0.15, -0.1) is 0 Å². The topological polar surface area (TPSA) is 25.4 Å². The molecule has 0 unspecified atom stereocenters. The molecule has 2 aliphatic rings. The van der Waals surface area contributed by atoms with Crippen LogP contribution >= 0.6 is 0 Å². The molecular weight excluding hydrogens is 272 g/mol. The molecule has 0 bridgehead atoms. The number of hydrogen-bond donors (Lipinski definition) is 0. The molecule has 2 aliphatic heterocycles. The second-order valence-corrected chi connectivity index (χ2v) is 6.52. The molecule has 1 saturated heterocycles. The van der Waals surface area contributed by atoms with Crippen LogP contribution in [0.1, 0.15) is 23.5 Å². The van der Waals surface area contributed by atoms with Crippen molar-refractivity contribution in [1.82, 2.24) is 9.88 Å². The fourth-order valence-electron chi connectivity index (χ4n) is 3.63. The lowest BCUT2D eigenvalue weighted by molar-refractivity contribution is 0.117. The molecule has 1 fully saturated rings. The number of aromatic nitrogens is 1. The Morgan fingerprint density at radius 3 is 2.91 bits per heavy atom. The van der Waals surface area contributed by atoms with E-state index in [2.05, 4.69) is 40.2 Å². The van der Waals surface area contributed by atoms with Gasteiger partial charge in [0.15, 0.2) is 0 Å². The van der Waals surface area contributed by atoms with Crippen LogP contribution in [0.15, 0.2) is 48.8 Å². The molecule has 1 aromatic heterocycles. The highest BCUT2D eigenvalue weighted by atomic mass is 16.5. The summed E-state index contributed by atoms with van der Waals surface area (Å²) in [7, 11) is 0. The number of para-hydroxylation sites is 1. The highest BCUT2D eigenvalue weighted by Gasteiger charge is 2.30. The van der Waals surface area contributed by atoms with E-state index in [0.29, 0.717) is 11.8 Å². The van der Waals surface area contributed by atoms with Crippen molar-refractivity contribution in [3.63, 3.8) is 0 Å². The molecule has 0 saturated carbocycles. The van der Waals surface area contributed by atoms with Gasteiger partial charge in [0.1, 0.15) is 5.75 Å². The molecule has 114 valence electrons. The number of fused-ring (bicyclic) bond motifs is 1. The summed E-state index contributed by atoms with van der Waals surface area (Å²) >= 11 is 0. The van der Waals surface area contributed by atoms with Crippen LogP contribution in [-0.2, 0) is 6.42 Å². The highest BCUT2D eigenvalue weighted by molar-refractivity contribution is 5.34. The maximum absolute atomic E-state index is 5.88. The zero-order chi connectivity index (χ0) is 14.8. The largest absolute Gasteiger partial charge is 0.493 e. The molecule has 22 heavy (non-hydrogen) atoms. The molecular formula is C19H22N2O. The van der Waals surface area contributed by atoms with Crippen LogP contribution in [0.4, 0.5) is 0 Å². The molecule has 4 rings (SSSR count). The van der Waals surface area contributed by atoms with Crippen molar-refractivity contribution in [3.8, 4) is 5.75 Å². The first kappa shape index (κ1) is 13.8. The minimum absolute atomic E-state index is 0.669. The van der Waals surface area contributed by atoms with E-state index in [0.717, 1.165) is 25.2 Å². The minimum atomic E-state index is 0.669. The van der Waals surface area contributed by atoms with Crippen molar-refractivity contribution in [2.45, 2.75) is 18.8 Å². The highest BCUT2D eigenvalue weighted by Crippen LogP contribution is 2.31. The van der Waals surface area contributed by atoms with Gasteiger partial charge >= 0.3 is 0 Å². The fraction of sp³-hybridized carbons (Fsp3) is 0.421. The summed E-state index contributed by atoms with van der Waals surface area (Å²) in [6, 6.07) is 12.7. The number of hydrogen-bond acceptors (Lipinski definition) is 3. The second kappa shape index (κ2) is 6.09. The van der Waals surface area contributed by atoms with Gasteiger partial charge in [-0.25, -0.2) is 0 Å². The molecule has 0 amide bonds. The smallest absolute Gasteiger partial charge is 0.122 e. The lowest BCUT2D eigenvalue weighted by atomic mass is 9.89. The van der Waals surface area contributed by atoms with Crippen LogP contribution < -0.4 is 4.74 Å². The van der Waals surface area contributed by atoms with E-state index < -0.39 is 0 Å². The summed E-state index contributed by atoms with van der Waals surface area (Å²) in [4.78, 5) is 6.81. The molecule has 1 atom stereocenters. The summed E-state index contributed by atoms with van der Waals surface area (Å²) in [5, 5.41) is 0. The van der Waals surface area contributed by atoms with Crippen molar-refractivity contribution in [2.24, 2.45) is 5.92 Å². The van der Waals surface area contributed by atoms with E-state index in [1.54, 1.807) is 0 Å². The Morgan fingerprint density at radius 1 is 1.14 bits per heavy atom. The van der Waals surface area contributed by atoms with Gasteiger partial charge in [0.25, 0.3) is 0 Å². The van der Waals surface area contributed by atoms with Gasteiger partial charge in [0.05, 0.1) is 6.61 Å². The summed E-state index contributed by atoms with van der Waals surface area (Å²) in [5.74, 6) is 2.46. The zero-order valence-corrected chi connectivity index (χ0v) is 12.8. The quantitative estimate of drug-likeness (QED) is 0.869. The van der Waals surface area contributed by atoms with Gasteiger partial charge in [-0.05, 0) is 42.0 Å². The van der Waals surface area contributed by atoms with E-state index in [4.69, 9.17) is 4.74 Å². The van der Waals surface area contributed by atoms with Crippen LogP contribution in [0.2, 0.25) is 0 Å². The maximum atomic E-state index is 5.88. The van der Waals surface area contributed by atoms with Crippen LogP contribution in [0.25, 0.3) is 0 Å². The number of likely N-dealkylation sites (tertiary alicyclic amines) is 1. The molecule has 0 spiro atoms. The molecule has 1 aromatic carbocycles. The van der Waals surface area contributed by atoms with Crippen LogP contribution in [-0.4, -0.2) is 36.1 Å². The lowest BCUT2D eigenvalue weighted by Gasteiger charge is -2.41. The number of pyridine rings is 1. The monoisotopic (exact) mass is 294 g/mol. The number of rotatable bonds is 3. The van der Waals surface area contributed by atoms with Crippen molar-refractivity contribution in [1.29, 1.82) is 0 Å². The van der Waals surface area contributed by atoms with E-state index in [1.165, 1.54) is 30.8 Å². The first-order chi connectivity index (χ1) is 10.9. The fourth-order valence-corrected chi connectivity index (χ4v) is 3.63. The molecule has 3 heterocycles. The minimum Gasteiger partial charge on any atom is -0.493 e. The Labute approximate surface area is 131 Å². The third kappa shape index (κ3) is 2.86. The van der Waals surface area contributed by atoms with Crippen molar-refractivity contribution < 1.29 is 4.74 Å². The van der Waals surface area contributed by atoms with Crippen molar-refractivity contribution in [2.75, 3.05) is 26.2 Å². The third-order valence-electron chi connectivity index (χ3n) is 4.89. The predicted molar refractivity (Wildman–Crippen MR) is 87.2 cm³/mol. The van der Waals surface area contributed by atoms with E-state index >= 15 is 0 Å². The molecule has 0 radical (unpaired) electrons. The number of benzene rings is 1. The molecule has 0 N–H and O–H groups in total. The maximum Gasteiger partial charge on any atom is 0.122 e. The third-order valence-corrected chi connectivity index (χ3v) is 4.89. The summed E-state index contributed by atoms with van der Waals surface area (Å²) < 4.78 is 5.88.